The molecule has 4 N–H and O–H groups in total. The monoisotopic (exact) mass is 607 g/mol. The molecule has 2 saturated heterocycles. The summed E-state index contributed by atoms with van der Waals surface area (Å²) in [6, 6.07) is 16.2. The number of hydrogen-bond acceptors (Lipinski definition) is 7. The molecule has 5 rings (SSSR count). The van der Waals surface area contributed by atoms with Crippen LogP contribution in [0.15, 0.2) is 48.5 Å². The number of aliphatic hydroxyl groups is 1. The lowest BCUT2D eigenvalue weighted by atomic mass is 9.65. The minimum Gasteiger partial charge on any atom is -0.392 e. The highest BCUT2D eigenvalue weighted by molar-refractivity contribution is 5.90. The number of rotatable bonds is 12. The fourth-order valence-electron chi connectivity index (χ4n) is 7.88. The zero-order chi connectivity index (χ0) is 31.3. The van der Waals surface area contributed by atoms with E-state index in [1.165, 1.54) is 19.3 Å². The molecule has 0 radical (unpaired) electrons. The van der Waals surface area contributed by atoms with Gasteiger partial charge < -0.3 is 19.9 Å². The molecule has 1 saturated carbocycles. The summed E-state index contributed by atoms with van der Waals surface area (Å²) in [6.45, 7) is 9.20. The van der Waals surface area contributed by atoms with Gasteiger partial charge in [0.1, 0.15) is 0 Å². The third kappa shape index (κ3) is 8.46. The van der Waals surface area contributed by atoms with Gasteiger partial charge in [-0.15, -0.1) is 0 Å². The van der Waals surface area contributed by atoms with Crippen molar-refractivity contribution in [1.29, 1.82) is 0 Å². The summed E-state index contributed by atoms with van der Waals surface area (Å²) in [4.78, 5) is 26.4. The van der Waals surface area contributed by atoms with Gasteiger partial charge in [-0.2, -0.15) is 0 Å². The van der Waals surface area contributed by atoms with E-state index in [0.29, 0.717) is 41.8 Å². The summed E-state index contributed by atoms with van der Waals surface area (Å²) in [5, 5.41) is 21.1. The number of anilines is 1. The van der Waals surface area contributed by atoms with Crippen LogP contribution < -0.4 is 10.8 Å². The van der Waals surface area contributed by atoms with Gasteiger partial charge in [0.25, 0.3) is 0 Å². The van der Waals surface area contributed by atoms with E-state index in [9.17, 15) is 14.7 Å². The van der Waals surface area contributed by atoms with Gasteiger partial charge in [0, 0.05) is 49.6 Å². The number of carbonyl (C=O) groups is 2. The van der Waals surface area contributed by atoms with E-state index in [0.717, 1.165) is 42.6 Å². The summed E-state index contributed by atoms with van der Waals surface area (Å²) in [6.07, 6.45) is 6.28. The predicted octanol–water partition coefficient (Wildman–Crippen LogP) is 6.02. The van der Waals surface area contributed by atoms with Crippen LogP contribution in [-0.2, 0) is 25.7 Å². The molecular formula is C35H49N3O6. The van der Waals surface area contributed by atoms with Gasteiger partial charge in [0.15, 0.2) is 6.29 Å². The molecule has 2 bridgehead atoms. The topological polar surface area (TPSA) is 120 Å². The van der Waals surface area contributed by atoms with E-state index in [1.807, 2.05) is 48.5 Å². The normalized spacial score (nSPS) is 28.0. The maximum Gasteiger partial charge on any atom is 0.243 e. The largest absolute Gasteiger partial charge is 0.392 e. The van der Waals surface area contributed by atoms with Gasteiger partial charge in [0.2, 0.25) is 11.8 Å². The van der Waals surface area contributed by atoms with E-state index >= 15 is 0 Å². The van der Waals surface area contributed by atoms with Crippen molar-refractivity contribution in [3.05, 3.63) is 65.2 Å². The van der Waals surface area contributed by atoms with Crippen LogP contribution in [0.5, 0.6) is 0 Å². The Kier molecular flexibility index (Phi) is 10.4. The van der Waals surface area contributed by atoms with Crippen molar-refractivity contribution < 1.29 is 29.4 Å². The Labute approximate surface area is 261 Å². The molecule has 44 heavy (non-hydrogen) atoms. The summed E-state index contributed by atoms with van der Waals surface area (Å²) < 4.78 is 13.3. The summed E-state index contributed by atoms with van der Waals surface area (Å²) in [5.74, 6) is -0.498. The average molecular weight is 608 g/mol. The first-order chi connectivity index (χ1) is 21.0. The molecule has 2 aromatic rings. The number of hydroxylamine groups is 1. The number of likely N-dealkylation sites (tertiary alicyclic amines) is 1. The molecule has 0 aromatic heterocycles. The van der Waals surface area contributed by atoms with Crippen LogP contribution in [0.1, 0.15) is 108 Å². The highest BCUT2D eigenvalue weighted by atomic mass is 16.7. The molecule has 3 fully saturated rings. The lowest BCUT2D eigenvalue weighted by molar-refractivity contribution is -0.253. The van der Waals surface area contributed by atoms with E-state index in [-0.39, 0.29) is 31.1 Å². The summed E-state index contributed by atoms with van der Waals surface area (Å²) >= 11 is 0. The third-order valence-electron chi connectivity index (χ3n) is 9.45. The van der Waals surface area contributed by atoms with Gasteiger partial charge in [-0.05, 0) is 66.2 Å². The Hall–Kier alpha value is -2.82. The molecule has 1 aliphatic carbocycles. The molecule has 240 valence electrons. The van der Waals surface area contributed by atoms with Gasteiger partial charge in [-0.1, -0.05) is 63.6 Å². The molecule has 9 nitrogen and oxygen atoms in total. The molecule has 0 spiro atoms. The number of ether oxygens (including phenoxy) is 2. The summed E-state index contributed by atoms with van der Waals surface area (Å²) in [5.41, 5.74) is 5.80. The first kappa shape index (κ1) is 32.6. The van der Waals surface area contributed by atoms with Crippen molar-refractivity contribution in [2.75, 3.05) is 18.4 Å². The second kappa shape index (κ2) is 14.1. The third-order valence-corrected chi connectivity index (χ3v) is 9.45. The minimum atomic E-state index is -0.584. The van der Waals surface area contributed by atoms with Crippen LogP contribution >= 0.6 is 0 Å². The van der Waals surface area contributed by atoms with Crippen LogP contribution in [0, 0.1) is 10.8 Å². The molecule has 2 amide bonds. The molecular weight excluding hydrogens is 558 g/mol. The Morgan fingerprint density at radius 3 is 2.43 bits per heavy atom. The van der Waals surface area contributed by atoms with Crippen molar-refractivity contribution in [1.82, 2.24) is 10.4 Å². The van der Waals surface area contributed by atoms with Gasteiger partial charge in [0.05, 0.1) is 18.8 Å². The lowest BCUT2D eigenvalue weighted by Gasteiger charge is -2.41. The van der Waals surface area contributed by atoms with Gasteiger partial charge >= 0.3 is 0 Å². The fourth-order valence-corrected chi connectivity index (χ4v) is 7.88. The second-order valence-corrected chi connectivity index (χ2v) is 14.3. The molecule has 2 heterocycles. The summed E-state index contributed by atoms with van der Waals surface area (Å²) in [7, 11) is 0. The zero-order valence-electron chi connectivity index (χ0n) is 26.4. The molecule has 2 aromatic carbocycles. The van der Waals surface area contributed by atoms with E-state index in [2.05, 4.69) is 31.0 Å². The van der Waals surface area contributed by atoms with Crippen molar-refractivity contribution in [2.45, 2.75) is 110 Å². The number of nitrogens with zero attached hydrogens (tertiary/aromatic N) is 1. The minimum absolute atomic E-state index is 0.00497. The number of amides is 2. The van der Waals surface area contributed by atoms with E-state index in [4.69, 9.17) is 14.7 Å². The highest BCUT2D eigenvalue weighted by Crippen LogP contribution is 2.53. The molecule has 5 atom stereocenters. The number of aliphatic hydroxyl groups excluding tert-OH is 1. The SMILES string of the molecule is CC1(C)CC2CC(C)(CN2CC2CC(c3ccc(CO)cc3)OC(c3cccc(NC(=O)CCCCCC(=O)NO)c3)O2)C1. The number of unbranched alkanes of at least 4 members (excludes halogenated alkanes) is 2. The number of hydrogen-bond donors (Lipinski definition) is 4. The standard InChI is InChI=1S/C35H49N3O6/c1-34(2)18-28-19-35(3,22-34)23-38(28)20-29-17-30(25-14-12-24(21-39)13-15-25)44-33(43-29)26-8-7-9-27(16-26)36-31(40)10-5-4-6-11-32(41)37-42/h7-9,12-16,28-30,33,39,42H,4-6,10-11,17-23H2,1-3H3,(H,36,40)(H,37,41). The Bertz CT molecular complexity index is 1280. The van der Waals surface area contributed by atoms with Crippen LogP contribution in [0.25, 0.3) is 0 Å². The maximum absolute atomic E-state index is 12.6. The predicted molar refractivity (Wildman–Crippen MR) is 168 cm³/mol. The van der Waals surface area contributed by atoms with Crippen molar-refractivity contribution >= 4 is 17.5 Å². The molecule has 5 unspecified atom stereocenters. The smallest absolute Gasteiger partial charge is 0.243 e. The molecule has 2 aliphatic heterocycles. The van der Waals surface area contributed by atoms with Gasteiger partial charge in [-0.25, -0.2) is 5.48 Å². The molecule has 9 heteroatoms. The first-order valence-corrected chi connectivity index (χ1v) is 16.1. The Morgan fingerprint density at radius 2 is 1.70 bits per heavy atom. The van der Waals surface area contributed by atoms with Crippen molar-refractivity contribution in [3.63, 3.8) is 0 Å². The van der Waals surface area contributed by atoms with Crippen LogP contribution in [0.2, 0.25) is 0 Å². The fraction of sp³-hybridized carbons (Fsp3) is 0.600. The zero-order valence-corrected chi connectivity index (χ0v) is 26.4. The Morgan fingerprint density at radius 1 is 0.955 bits per heavy atom. The van der Waals surface area contributed by atoms with Crippen molar-refractivity contribution in [2.24, 2.45) is 10.8 Å². The van der Waals surface area contributed by atoms with Crippen LogP contribution in [0.3, 0.4) is 0 Å². The number of benzene rings is 2. The second-order valence-electron chi connectivity index (χ2n) is 14.3. The van der Waals surface area contributed by atoms with Gasteiger partial charge in [-0.3, -0.25) is 19.7 Å². The van der Waals surface area contributed by atoms with Crippen LogP contribution in [0.4, 0.5) is 5.69 Å². The Balaban J connectivity index is 1.26. The molecule has 3 aliphatic rings. The number of nitrogens with one attached hydrogen (secondary N) is 2. The average Bonchev–Trinajstić information content (AvgIpc) is 3.23. The van der Waals surface area contributed by atoms with E-state index < -0.39 is 12.2 Å². The van der Waals surface area contributed by atoms with E-state index in [1.54, 1.807) is 5.48 Å². The van der Waals surface area contributed by atoms with Crippen molar-refractivity contribution in [3.8, 4) is 0 Å². The first-order valence-electron chi connectivity index (χ1n) is 16.1. The van der Waals surface area contributed by atoms with Crippen LogP contribution in [-0.4, -0.2) is 52.3 Å². The maximum atomic E-state index is 12.6. The quantitative estimate of drug-likeness (QED) is 0.132. The number of carbonyl (C=O) groups excluding carboxylic acids is 2. The number of fused-ring (bicyclic) bond motifs is 2. The lowest BCUT2D eigenvalue weighted by Crippen LogP contribution is -2.42. The highest BCUT2D eigenvalue weighted by Gasteiger charge is 2.50.